The molecule has 2 aromatic heterocycles. The fraction of sp³-hybridized carbons (Fsp3) is 0.429. The predicted molar refractivity (Wildman–Crippen MR) is 114 cm³/mol. The van der Waals surface area contributed by atoms with Crippen LogP contribution in [-0.4, -0.2) is 42.7 Å². The van der Waals surface area contributed by atoms with Crippen LogP contribution in [0.1, 0.15) is 45.1 Å². The highest BCUT2D eigenvalue weighted by molar-refractivity contribution is 6.06. The summed E-state index contributed by atoms with van der Waals surface area (Å²) >= 11 is 0. The van der Waals surface area contributed by atoms with E-state index in [2.05, 4.69) is 31.0 Å². The SMILES string of the molecule is CC1(C)C(=O)Nc2cc(Nc3nc4ccnc(NC5CCC(O)CC5)n4n3)ccc21. The zero-order valence-corrected chi connectivity index (χ0v) is 17.0. The third-order valence-electron chi connectivity index (χ3n) is 6.05. The lowest BCUT2D eigenvalue weighted by atomic mass is 9.86. The molecule has 156 valence electrons. The quantitative estimate of drug-likeness (QED) is 0.525. The molecule has 0 bridgehead atoms. The fourth-order valence-electron chi connectivity index (χ4n) is 4.17. The van der Waals surface area contributed by atoms with Crippen molar-refractivity contribution in [1.82, 2.24) is 19.6 Å². The van der Waals surface area contributed by atoms with Crippen molar-refractivity contribution in [3.8, 4) is 0 Å². The molecule has 9 heteroatoms. The molecule has 1 aliphatic heterocycles. The third-order valence-corrected chi connectivity index (χ3v) is 6.05. The number of nitrogens with zero attached hydrogens (tertiary/aromatic N) is 4. The number of aromatic nitrogens is 4. The van der Waals surface area contributed by atoms with Crippen LogP contribution in [0.4, 0.5) is 23.3 Å². The van der Waals surface area contributed by atoms with Gasteiger partial charge in [-0.1, -0.05) is 6.07 Å². The maximum Gasteiger partial charge on any atom is 0.247 e. The summed E-state index contributed by atoms with van der Waals surface area (Å²) in [5, 5.41) is 23.9. The maximum atomic E-state index is 12.2. The zero-order valence-electron chi connectivity index (χ0n) is 17.0. The Balaban J connectivity index is 1.37. The van der Waals surface area contributed by atoms with E-state index in [1.165, 1.54) is 0 Å². The number of hydrogen-bond acceptors (Lipinski definition) is 7. The van der Waals surface area contributed by atoms with Gasteiger partial charge in [0.15, 0.2) is 5.65 Å². The summed E-state index contributed by atoms with van der Waals surface area (Å²) < 4.78 is 1.69. The van der Waals surface area contributed by atoms with E-state index in [0.29, 0.717) is 17.5 Å². The molecule has 1 aliphatic carbocycles. The number of carbonyl (C=O) groups is 1. The van der Waals surface area contributed by atoms with Crippen molar-refractivity contribution in [2.24, 2.45) is 0 Å². The molecule has 1 saturated carbocycles. The first kappa shape index (κ1) is 18.8. The van der Waals surface area contributed by atoms with E-state index in [9.17, 15) is 9.90 Å². The van der Waals surface area contributed by atoms with Crippen LogP contribution in [0.15, 0.2) is 30.5 Å². The molecule has 30 heavy (non-hydrogen) atoms. The largest absolute Gasteiger partial charge is 0.393 e. The minimum absolute atomic E-state index is 0.00229. The summed E-state index contributed by atoms with van der Waals surface area (Å²) in [4.78, 5) is 21.1. The Labute approximate surface area is 173 Å². The highest BCUT2D eigenvalue weighted by atomic mass is 16.3. The van der Waals surface area contributed by atoms with Crippen LogP contribution in [0.5, 0.6) is 0 Å². The molecule has 3 aromatic rings. The van der Waals surface area contributed by atoms with Gasteiger partial charge in [0.2, 0.25) is 17.8 Å². The lowest BCUT2D eigenvalue weighted by Crippen LogP contribution is -2.29. The third kappa shape index (κ3) is 3.24. The van der Waals surface area contributed by atoms with Crippen molar-refractivity contribution >= 4 is 34.8 Å². The molecule has 4 N–H and O–H groups in total. The van der Waals surface area contributed by atoms with Gasteiger partial charge < -0.3 is 21.1 Å². The number of carbonyl (C=O) groups excluding carboxylic acids is 1. The van der Waals surface area contributed by atoms with Gasteiger partial charge in [-0.3, -0.25) is 4.79 Å². The molecule has 0 radical (unpaired) electrons. The molecule has 1 aromatic carbocycles. The van der Waals surface area contributed by atoms with Gasteiger partial charge in [-0.05, 0) is 57.2 Å². The number of aliphatic hydroxyl groups is 1. The standard InChI is InChI=1S/C21H25N7O2/c1-21(2)15-8-5-13(11-16(15)25-18(21)30)23-19-26-17-9-10-22-20(28(17)27-19)24-12-3-6-14(29)7-4-12/h5,8-12,14,29H,3-4,6-7H2,1-2H3,(H,22,24)(H,23,27)(H,25,30). The van der Waals surface area contributed by atoms with Crippen molar-refractivity contribution in [2.75, 3.05) is 16.0 Å². The van der Waals surface area contributed by atoms with E-state index in [1.807, 2.05) is 32.0 Å². The van der Waals surface area contributed by atoms with Gasteiger partial charge in [0.25, 0.3) is 0 Å². The molecule has 1 fully saturated rings. The van der Waals surface area contributed by atoms with Crippen LogP contribution in [0.2, 0.25) is 0 Å². The number of fused-ring (bicyclic) bond motifs is 2. The van der Waals surface area contributed by atoms with Crippen LogP contribution in [0.3, 0.4) is 0 Å². The summed E-state index contributed by atoms with van der Waals surface area (Å²) in [6, 6.07) is 7.85. The number of hydrogen-bond donors (Lipinski definition) is 4. The summed E-state index contributed by atoms with van der Waals surface area (Å²) in [5.41, 5.74) is 2.74. The smallest absolute Gasteiger partial charge is 0.247 e. The highest BCUT2D eigenvalue weighted by Crippen LogP contribution is 2.38. The number of anilines is 4. The minimum atomic E-state index is -0.531. The molecular weight excluding hydrogens is 382 g/mol. The first-order chi connectivity index (χ1) is 14.4. The van der Waals surface area contributed by atoms with Crippen molar-refractivity contribution in [1.29, 1.82) is 0 Å². The maximum absolute atomic E-state index is 12.2. The zero-order chi connectivity index (χ0) is 20.9. The molecule has 9 nitrogen and oxygen atoms in total. The average molecular weight is 407 g/mol. The summed E-state index contributed by atoms with van der Waals surface area (Å²) in [7, 11) is 0. The van der Waals surface area contributed by atoms with Crippen LogP contribution in [-0.2, 0) is 10.2 Å². The van der Waals surface area contributed by atoms with Gasteiger partial charge in [0.05, 0.1) is 11.5 Å². The summed E-state index contributed by atoms with van der Waals surface area (Å²) in [5.74, 6) is 1.09. The molecule has 0 saturated heterocycles. The Kier molecular flexibility index (Phi) is 4.35. The molecule has 2 aliphatic rings. The molecule has 0 unspecified atom stereocenters. The lowest BCUT2D eigenvalue weighted by Gasteiger charge is -2.26. The number of benzene rings is 1. The number of aliphatic hydroxyl groups excluding tert-OH is 1. The van der Waals surface area contributed by atoms with Crippen molar-refractivity contribution in [3.05, 3.63) is 36.0 Å². The molecule has 3 heterocycles. The first-order valence-electron chi connectivity index (χ1n) is 10.3. The normalized spacial score (nSPS) is 22.6. The number of nitrogens with one attached hydrogen (secondary N) is 3. The van der Waals surface area contributed by atoms with Crippen molar-refractivity contribution in [2.45, 2.75) is 57.1 Å². The second-order valence-corrected chi connectivity index (χ2v) is 8.59. The Hall–Kier alpha value is -3.20. The topological polar surface area (TPSA) is 116 Å². The van der Waals surface area contributed by atoms with Crippen LogP contribution < -0.4 is 16.0 Å². The first-order valence-corrected chi connectivity index (χ1v) is 10.3. The van der Waals surface area contributed by atoms with Gasteiger partial charge >= 0.3 is 0 Å². The second kappa shape index (κ2) is 6.94. The van der Waals surface area contributed by atoms with Gasteiger partial charge in [-0.15, -0.1) is 5.10 Å². The van der Waals surface area contributed by atoms with E-state index in [4.69, 9.17) is 0 Å². The van der Waals surface area contributed by atoms with Gasteiger partial charge in [0.1, 0.15) is 0 Å². The van der Waals surface area contributed by atoms with Crippen LogP contribution in [0.25, 0.3) is 5.65 Å². The summed E-state index contributed by atoms with van der Waals surface area (Å²) in [6.45, 7) is 3.83. The molecular formula is C21H25N7O2. The van der Waals surface area contributed by atoms with Crippen molar-refractivity contribution < 1.29 is 9.90 Å². The Morgan fingerprint density at radius 1 is 1.20 bits per heavy atom. The van der Waals surface area contributed by atoms with Crippen LogP contribution >= 0.6 is 0 Å². The molecule has 0 atom stereocenters. The Morgan fingerprint density at radius 3 is 2.80 bits per heavy atom. The van der Waals surface area contributed by atoms with Gasteiger partial charge in [-0.25, -0.2) is 4.98 Å². The van der Waals surface area contributed by atoms with E-state index in [-0.39, 0.29) is 18.1 Å². The second-order valence-electron chi connectivity index (χ2n) is 8.59. The lowest BCUT2D eigenvalue weighted by molar-refractivity contribution is -0.119. The van der Waals surface area contributed by atoms with E-state index in [1.54, 1.807) is 16.8 Å². The predicted octanol–water partition coefficient (Wildman–Crippen LogP) is 2.81. The summed E-state index contributed by atoms with van der Waals surface area (Å²) in [6.07, 6.45) is 4.90. The number of amides is 1. The van der Waals surface area contributed by atoms with E-state index in [0.717, 1.165) is 42.6 Å². The molecule has 1 amide bonds. The van der Waals surface area contributed by atoms with Crippen molar-refractivity contribution in [3.63, 3.8) is 0 Å². The van der Waals surface area contributed by atoms with Crippen LogP contribution in [0, 0.1) is 0 Å². The van der Waals surface area contributed by atoms with Gasteiger partial charge in [0, 0.05) is 29.7 Å². The fourth-order valence-corrected chi connectivity index (χ4v) is 4.17. The van der Waals surface area contributed by atoms with Gasteiger partial charge in [-0.2, -0.15) is 9.50 Å². The molecule has 5 rings (SSSR count). The minimum Gasteiger partial charge on any atom is -0.393 e. The van der Waals surface area contributed by atoms with E-state index < -0.39 is 5.41 Å². The highest BCUT2D eigenvalue weighted by Gasteiger charge is 2.38. The Morgan fingerprint density at radius 2 is 2.00 bits per heavy atom. The van der Waals surface area contributed by atoms with E-state index >= 15 is 0 Å². The number of rotatable bonds is 4. The molecule has 0 spiro atoms. The Bertz CT molecular complexity index is 1120. The monoisotopic (exact) mass is 407 g/mol. The average Bonchev–Trinajstić information content (AvgIpc) is 3.22.